The van der Waals surface area contributed by atoms with E-state index in [0.717, 1.165) is 37.4 Å². The molecule has 1 aliphatic carbocycles. The van der Waals surface area contributed by atoms with E-state index >= 15 is 0 Å². The Hall–Kier alpha value is -1.89. The van der Waals surface area contributed by atoms with E-state index in [2.05, 4.69) is 25.5 Å². The molecule has 0 radical (unpaired) electrons. The number of carbonyl (C=O) groups excluding carboxylic acids is 1. The van der Waals surface area contributed by atoms with Crippen LogP contribution in [-0.4, -0.2) is 53.3 Å². The Morgan fingerprint density at radius 2 is 2.32 bits per heavy atom. The molecule has 120 valence electrons. The molecular weight excluding hydrogens is 282 g/mol. The number of piperidine rings is 1. The molecule has 1 atom stereocenters. The van der Waals surface area contributed by atoms with Gasteiger partial charge < -0.3 is 20.6 Å². The zero-order valence-electron chi connectivity index (χ0n) is 12.9. The van der Waals surface area contributed by atoms with Gasteiger partial charge in [-0.1, -0.05) is 0 Å². The molecule has 0 bridgehead atoms. The van der Waals surface area contributed by atoms with Gasteiger partial charge in [0.1, 0.15) is 18.0 Å². The van der Waals surface area contributed by atoms with E-state index in [-0.39, 0.29) is 11.8 Å². The number of aromatic nitrogens is 2. The zero-order valence-corrected chi connectivity index (χ0v) is 12.9. The highest BCUT2D eigenvalue weighted by molar-refractivity contribution is 5.80. The van der Waals surface area contributed by atoms with Gasteiger partial charge in [0.05, 0.1) is 5.60 Å². The van der Waals surface area contributed by atoms with Gasteiger partial charge in [0.15, 0.2) is 0 Å². The van der Waals surface area contributed by atoms with Crippen molar-refractivity contribution in [1.82, 2.24) is 15.3 Å². The Bertz CT molecular complexity index is 548. The van der Waals surface area contributed by atoms with Crippen LogP contribution in [0.2, 0.25) is 0 Å². The van der Waals surface area contributed by atoms with E-state index in [1.54, 1.807) is 0 Å². The first-order valence-corrected chi connectivity index (χ1v) is 7.84. The minimum Gasteiger partial charge on any atom is -0.386 e. The molecule has 1 saturated carbocycles. The average Bonchev–Trinajstić information content (AvgIpc) is 3.38. The molecule has 1 aliphatic heterocycles. The Morgan fingerprint density at radius 1 is 1.50 bits per heavy atom. The van der Waals surface area contributed by atoms with Crippen LogP contribution in [0, 0.1) is 5.92 Å². The second kappa shape index (κ2) is 6.08. The van der Waals surface area contributed by atoms with Crippen molar-refractivity contribution in [1.29, 1.82) is 0 Å². The topological polar surface area (TPSA) is 90.4 Å². The predicted octanol–water partition coefficient (Wildman–Crippen LogP) is 0.376. The lowest BCUT2D eigenvalue weighted by Gasteiger charge is -2.39. The largest absolute Gasteiger partial charge is 0.386 e. The van der Waals surface area contributed by atoms with Crippen LogP contribution in [-0.2, 0) is 4.79 Å². The maximum absolute atomic E-state index is 11.8. The lowest BCUT2D eigenvalue weighted by atomic mass is 9.92. The SMILES string of the molecule is CNc1cc(N2CCC[C@](O)(CNC(=O)C3CC3)C2)ncn1. The van der Waals surface area contributed by atoms with E-state index < -0.39 is 5.60 Å². The number of β-amino-alcohol motifs (C(OH)–C–C–N with tert-alkyl or cyclic N) is 1. The summed E-state index contributed by atoms with van der Waals surface area (Å²) in [5.41, 5.74) is -0.895. The fraction of sp³-hybridized carbons (Fsp3) is 0.667. The lowest BCUT2D eigenvalue weighted by molar-refractivity contribution is -0.123. The van der Waals surface area contributed by atoms with Gasteiger partial charge in [0, 0.05) is 38.7 Å². The van der Waals surface area contributed by atoms with Crippen LogP contribution >= 0.6 is 0 Å². The van der Waals surface area contributed by atoms with Crippen LogP contribution in [0.5, 0.6) is 0 Å². The van der Waals surface area contributed by atoms with Crippen LogP contribution < -0.4 is 15.5 Å². The van der Waals surface area contributed by atoms with Crippen molar-refractivity contribution in [2.45, 2.75) is 31.3 Å². The number of carbonyl (C=O) groups is 1. The fourth-order valence-corrected chi connectivity index (χ4v) is 2.85. The summed E-state index contributed by atoms with van der Waals surface area (Å²) in [7, 11) is 1.81. The zero-order chi connectivity index (χ0) is 15.6. The molecule has 7 nitrogen and oxygen atoms in total. The van der Waals surface area contributed by atoms with Crippen LogP contribution in [0.15, 0.2) is 12.4 Å². The maximum atomic E-state index is 11.8. The molecule has 0 spiro atoms. The molecule has 22 heavy (non-hydrogen) atoms. The predicted molar refractivity (Wildman–Crippen MR) is 83.7 cm³/mol. The number of amides is 1. The lowest BCUT2D eigenvalue weighted by Crippen LogP contribution is -2.54. The van der Waals surface area contributed by atoms with Gasteiger partial charge >= 0.3 is 0 Å². The summed E-state index contributed by atoms with van der Waals surface area (Å²) < 4.78 is 0. The minimum absolute atomic E-state index is 0.0741. The molecule has 1 aromatic rings. The van der Waals surface area contributed by atoms with E-state index in [9.17, 15) is 9.90 Å². The number of rotatable bonds is 5. The third kappa shape index (κ3) is 3.47. The first-order valence-electron chi connectivity index (χ1n) is 7.84. The van der Waals surface area contributed by atoms with Crippen LogP contribution in [0.4, 0.5) is 11.6 Å². The van der Waals surface area contributed by atoms with E-state index in [1.165, 1.54) is 6.33 Å². The van der Waals surface area contributed by atoms with Gasteiger partial charge in [-0.25, -0.2) is 9.97 Å². The molecule has 1 aromatic heterocycles. The minimum atomic E-state index is -0.895. The van der Waals surface area contributed by atoms with Crippen LogP contribution in [0.25, 0.3) is 0 Å². The summed E-state index contributed by atoms with van der Waals surface area (Å²) >= 11 is 0. The van der Waals surface area contributed by atoms with Gasteiger partial charge in [-0.05, 0) is 25.7 Å². The van der Waals surface area contributed by atoms with Crippen molar-refractivity contribution in [3.05, 3.63) is 12.4 Å². The number of hydrogen-bond donors (Lipinski definition) is 3. The number of aliphatic hydroxyl groups is 1. The number of hydrogen-bond acceptors (Lipinski definition) is 6. The molecule has 0 unspecified atom stereocenters. The van der Waals surface area contributed by atoms with Crippen molar-refractivity contribution in [3.63, 3.8) is 0 Å². The van der Waals surface area contributed by atoms with Crippen molar-refractivity contribution in [3.8, 4) is 0 Å². The van der Waals surface area contributed by atoms with Crippen molar-refractivity contribution in [2.75, 3.05) is 36.9 Å². The smallest absolute Gasteiger partial charge is 0.223 e. The van der Waals surface area contributed by atoms with Gasteiger partial charge in [0.25, 0.3) is 0 Å². The van der Waals surface area contributed by atoms with Crippen LogP contribution in [0.3, 0.4) is 0 Å². The molecule has 3 N–H and O–H groups in total. The second-order valence-corrected chi connectivity index (χ2v) is 6.25. The maximum Gasteiger partial charge on any atom is 0.223 e. The molecule has 2 fully saturated rings. The van der Waals surface area contributed by atoms with Gasteiger partial charge in [-0.3, -0.25) is 4.79 Å². The molecule has 0 aromatic carbocycles. The highest BCUT2D eigenvalue weighted by Crippen LogP contribution is 2.29. The molecule has 1 amide bonds. The Balaban J connectivity index is 1.63. The van der Waals surface area contributed by atoms with E-state index in [1.807, 2.05) is 13.1 Å². The van der Waals surface area contributed by atoms with Gasteiger partial charge in [-0.15, -0.1) is 0 Å². The molecule has 2 aliphatic rings. The van der Waals surface area contributed by atoms with Crippen molar-refractivity contribution >= 4 is 17.5 Å². The van der Waals surface area contributed by atoms with E-state index in [4.69, 9.17) is 0 Å². The first-order chi connectivity index (χ1) is 10.6. The summed E-state index contributed by atoms with van der Waals surface area (Å²) in [6.45, 7) is 1.62. The fourth-order valence-electron chi connectivity index (χ4n) is 2.85. The summed E-state index contributed by atoms with van der Waals surface area (Å²) in [6.07, 6.45) is 5.03. The summed E-state index contributed by atoms with van der Waals surface area (Å²) in [5.74, 6) is 1.79. The Labute approximate surface area is 130 Å². The number of nitrogens with zero attached hydrogens (tertiary/aromatic N) is 3. The average molecular weight is 305 g/mol. The number of anilines is 2. The Morgan fingerprint density at radius 3 is 3.05 bits per heavy atom. The van der Waals surface area contributed by atoms with E-state index in [0.29, 0.717) is 19.5 Å². The molecule has 1 saturated heterocycles. The molecule has 7 heteroatoms. The van der Waals surface area contributed by atoms with Crippen molar-refractivity contribution < 1.29 is 9.90 Å². The third-order valence-electron chi connectivity index (χ3n) is 4.33. The van der Waals surface area contributed by atoms with Gasteiger partial charge in [0.2, 0.25) is 5.91 Å². The summed E-state index contributed by atoms with van der Waals surface area (Å²) in [5, 5.41) is 16.6. The monoisotopic (exact) mass is 305 g/mol. The molecular formula is C15H23N5O2. The second-order valence-electron chi connectivity index (χ2n) is 6.25. The summed E-state index contributed by atoms with van der Waals surface area (Å²) in [4.78, 5) is 22.2. The Kier molecular flexibility index (Phi) is 4.15. The molecule has 2 heterocycles. The normalized spacial score (nSPS) is 24.9. The third-order valence-corrected chi connectivity index (χ3v) is 4.33. The standard InChI is InChI=1S/C15H23N5O2/c1-16-12-7-13(19-10-18-12)20-6-2-5-15(22,9-20)8-17-14(21)11-3-4-11/h7,10-11,22H,2-6,8-9H2,1H3,(H,17,21)(H,16,18,19)/t15-/m0/s1. The first kappa shape index (κ1) is 15.0. The van der Waals surface area contributed by atoms with Crippen LogP contribution in [0.1, 0.15) is 25.7 Å². The highest BCUT2D eigenvalue weighted by Gasteiger charge is 2.36. The quantitative estimate of drug-likeness (QED) is 0.728. The van der Waals surface area contributed by atoms with Crippen molar-refractivity contribution in [2.24, 2.45) is 5.92 Å². The number of nitrogens with one attached hydrogen (secondary N) is 2. The molecule has 3 rings (SSSR count). The summed E-state index contributed by atoms with van der Waals surface area (Å²) in [6, 6.07) is 1.87. The highest BCUT2D eigenvalue weighted by atomic mass is 16.3. The van der Waals surface area contributed by atoms with Gasteiger partial charge in [-0.2, -0.15) is 0 Å².